The number of aryl methyl sites for hydroxylation is 1. The number of phenolic OH excluding ortho intramolecular Hbond substituents is 2. The third-order valence-corrected chi connectivity index (χ3v) is 12.5. The van der Waals surface area contributed by atoms with Crippen molar-refractivity contribution in [2.24, 2.45) is 20.9 Å². The zero-order valence-electron chi connectivity index (χ0n) is 34.1. The molecule has 3 aromatic carbocycles. The number of phenols is 2. The molecule has 9 rings (SSSR count). The van der Waals surface area contributed by atoms with Crippen LogP contribution in [0, 0.1) is 5.92 Å². The van der Waals surface area contributed by atoms with Crippen LogP contribution in [0.15, 0.2) is 93.9 Å². The summed E-state index contributed by atoms with van der Waals surface area (Å²) in [5.74, 6) is -3.55. The van der Waals surface area contributed by atoms with E-state index in [1.807, 2.05) is 19.1 Å². The summed E-state index contributed by atoms with van der Waals surface area (Å²) in [6.07, 6.45) is 4.88. The standard InChI is InChI=1S/C46H46N4O13/c1-2-24-17-26(19-28(51)18-24)44(13-3-4-14-44)63-39-35(61-43-45(57)15-11-30(31-22-48-23-49-31)46(58,42(45)56)40(62-43)41(54)55)21-34-37(38(39)53)32(52)20-33(60-34)25-5-8-29(9-6-25)59-16-12-27-7-10-36(47)50-27/h5-11,15,17-21,23,30,33,40,42-43,47,51-53,56-58H,2-4,12-14,16,22H2,1H3,(H,54,55)/p+1/t30-,33?,40-,42+,43-,45-,46-/m1/s1. The fourth-order valence-electron chi connectivity index (χ4n) is 9.24. The second-order valence-corrected chi connectivity index (χ2v) is 16.5. The summed E-state index contributed by atoms with van der Waals surface area (Å²) in [5.41, 5.74) is -3.37. The summed E-state index contributed by atoms with van der Waals surface area (Å²) >= 11 is 0. The predicted molar refractivity (Wildman–Crippen MR) is 227 cm³/mol. The topological polar surface area (TPSA) is 267 Å². The number of carboxylic acid groups (broad SMARTS) is 1. The minimum atomic E-state index is -2.62. The summed E-state index contributed by atoms with van der Waals surface area (Å²) in [6, 6.07) is 13.4. The number of carbonyl (C=O) groups is 1. The lowest BCUT2D eigenvalue weighted by atomic mass is 9.64. The smallest absolute Gasteiger partial charge is 0.336 e. The number of nitrogens with two attached hydrogens (primary N) is 1. The highest BCUT2D eigenvalue weighted by Crippen LogP contribution is 2.56. The molecule has 2 aliphatic carbocycles. The first-order chi connectivity index (χ1) is 30.2. The highest BCUT2D eigenvalue weighted by atomic mass is 16.7. The zero-order chi connectivity index (χ0) is 44.3. The Hall–Kier alpha value is -6.53. The lowest BCUT2D eigenvalue weighted by Gasteiger charge is -2.55. The number of amidine groups is 1. The van der Waals surface area contributed by atoms with Crippen molar-refractivity contribution in [1.29, 1.82) is 0 Å². The predicted octanol–water partition coefficient (Wildman–Crippen LogP) is 3.16. The number of aliphatic imine (C=N–C) groups is 3. The van der Waals surface area contributed by atoms with E-state index in [1.165, 1.54) is 24.6 Å². The van der Waals surface area contributed by atoms with Crippen LogP contribution in [0.4, 0.5) is 0 Å². The molecule has 3 aromatic rings. The zero-order valence-corrected chi connectivity index (χ0v) is 34.1. The van der Waals surface area contributed by atoms with Crippen molar-refractivity contribution in [3.8, 4) is 34.5 Å². The van der Waals surface area contributed by atoms with E-state index < -0.39 is 59.0 Å². The molecule has 17 nitrogen and oxygen atoms in total. The van der Waals surface area contributed by atoms with E-state index in [2.05, 4.69) is 15.0 Å². The molecular weight excluding hydrogens is 817 g/mol. The summed E-state index contributed by atoms with van der Waals surface area (Å²) in [4.78, 5) is 25.2. The number of allylic oxidation sites excluding steroid dienone is 1. The molecule has 7 atom stereocenters. The van der Waals surface area contributed by atoms with Crippen LogP contribution >= 0.6 is 0 Å². The van der Waals surface area contributed by atoms with E-state index >= 15 is 0 Å². The van der Waals surface area contributed by atoms with Gasteiger partial charge in [-0.1, -0.05) is 31.2 Å². The number of hydrogen-bond acceptors (Lipinski definition) is 14. The van der Waals surface area contributed by atoms with E-state index in [0.717, 1.165) is 30.2 Å². The maximum absolute atomic E-state index is 12.8. The summed E-state index contributed by atoms with van der Waals surface area (Å²) in [7, 11) is 0. The largest absolute Gasteiger partial charge is 0.508 e. The summed E-state index contributed by atoms with van der Waals surface area (Å²) in [5, 5.41) is 86.6. The van der Waals surface area contributed by atoms with Gasteiger partial charge in [-0.05, 0) is 90.2 Å². The van der Waals surface area contributed by atoms with Gasteiger partial charge in [0.2, 0.25) is 12.0 Å². The minimum absolute atomic E-state index is 0.0161. The van der Waals surface area contributed by atoms with E-state index in [-0.39, 0.29) is 46.6 Å². The third-order valence-electron chi connectivity index (χ3n) is 12.5. The monoisotopic (exact) mass is 863 g/mol. The van der Waals surface area contributed by atoms with E-state index in [1.54, 1.807) is 42.5 Å². The van der Waals surface area contributed by atoms with Gasteiger partial charge in [0.25, 0.3) is 0 Å². The van der Waals surface area contributed by atoms with Crippen molar-refractivity contribution in [2.75, 3.05) is 13.2 Å². The second-order valence-electron chi connectivity index (χ2n) is 16.5. The highest BCUT2D eigenvalue weighted by Gasteiger charge is 2.70. The molecule has 63 heavy (non-hydrogen) atoms. The number of rotatable bonds is 13. The fourth-order valence-corrected chi connectivity index (χ4v) is 9.24. The Bertz CT molecular complexity index is 2540. The van der Waals surface area contributed by atoms with Gasteiger partial charge in [0, 0.05) is 24.6 Å². The molecule has 1 saturated heterocycles. The third kappa shape index (κ3) is 7.29. The van der Waals surface area contributed by atoms with Gasteiger partial charge >= 0.3 is 11.8 Å². The van der Waals surface area contributed by atoms with Gasteiger partial charge < -0.3 is 59.4 Å². The van der Waals surface area contributed by atoms with Crippen molar-refractivity contribution >= 4 is 35.3 Å². The van der Waals surface area contributed by atoms with Crippen molar-refractivity contribution in [3.05, 3.63) is 101 Å². The molecule has 1 unspecified atom stereocenters. The van der Waals surface area contributed by atoms with Gasteiger partial charge in [-0.25, -0.2) is 9.79 Å². The average molecular weight is 864 g/mol. The van der Waals surface area contributed by atoms with Crippen molar-refractivity contribution in [2.45, 2.75) is 86.9 Å². The molecule has 2 fully saturated rings. The van der Waals surface area contributed by atoms with E-state index in [9.17, 15) is 40.5 Å². The second kappa shape index (κ2) is 16.0. The van der Waals surface area contributed by atoms with Crippen LogP contribution in [-0.4, -0.2) is 108 Å². The molecule has 0 radical (unpaired) electrons. The molecule has 0 amide bonds. The quantitative estimate of drug-likeness (QED) is 0.115. The lowest BCUT2D eigenvalue weighted by molar-refractivity contribution is -0.337. The SMILES string of the molecule is CCc1cc(O)cc(C2(Oc3c(O[C@@H]4O[C@H](C(=O)O)[C@]5(O)[C@@H](C6=NC=NC6)C=C[C@@]4(O)[C@@H]5O)cc4c(c3O)C(O)=CC(c3ccc(OCCC5=NC(=[NH2+])C=C5)cc3)O4)CCCC2)c1. The molecule has 1 saturated carbocycles. The van der Waals surface area contributed by atoms with Crippen LogP contribution < -0.4 is 24.4 Å². The Labute approximate surface area is 360 Å². The minimum Gasteiger partial charge on any atom is -0.508 e. The molecule has 4 aliphatic heterocycles. The van der Waals surface area contributed by atoms with Crippen LogP contribution in [0.5, 0.6) is 34.5 Å². The average Bonchev–Trinajstić information content (AvgIpc) is 4.06. The van der Waals surface area contributed by atoms with Crippen LogP contribution in [0.2, 0.25) is 0 Å². The lowest BCUT2D eigenvalue weighted by Crippen LogP contribution is -2.78. The van der Waals surface area contributed by atoms with Gasteiger partial charge in [-0.2, -0.15) is 0 Å². The number of benzene rings is 3. The van der Waals surface area contributed by atoms with Gasteiger partial charge in [0.05, 0.1) is 24.8 Å². The molecule has 17 heteroatoms. The number of hydrogen-bond donors (Lipinski definition) is 8. The fraction of sp³-hybridized carbons (Fsp3) is 0.370. The van der Waals surface area contributed by atoms with Crippen molar-refractivity contribution in [3.63, 3.8) is 0 Å². The Balaban J connectivity index is 1.09. The van der Waals surface area contributed by atoms with Gasteiger partial charge in [-0.3, -0.25) is 10.4 Å². The maximum Gasteiger partial charge on any atom is 0.336 e. The molecule has 6 aliphatic rings. The number of nitrogens with zero attached hydrogens (tertiary/aromatic N) is 3. The van der Waals surface area contributed by atoms with Gasteiger partial charge in [-0.15, -0.1) is 0 Å². The summed E-state index contributed by atoms with van der Waals surface area (Å²) in [6.45, 7) is 2.32. The van der Waals surface area contributed by atoms with E-state index in [0.29, 0.717) is 55.0 Å². The Morgan fingerprint density at radius 2 is 1.81 bits per heavy atom. The number of aliphatic carboxylic acids is 1. The number of aromatic hydroxyl groups is 2. The van der Waals surface area contributed by atoms with Crippen LogP contribution in [-0.2, 0) is 21.6 Å². The number of fused-ring (bicyclic) bond motifs is 3. The molecule has 0 aromatic heterocycles. The van der Waals surface area contributed by atoms with Crippen LogP contribution in [0.1, 0.15) is 67.4 Å². The highest BCUT2D eigenvalue weighted by molar-refractivity contribution is 6.13. The number of aliphatic hydroxyl groups excluding tert-OH is 2. The molecule has 4 heterocycles. The summed E-state index contributed by atoms with van der Waals surface area (Å²) < 4.78 is 31.4. The Morgan fingerprint density at radius 1 is 1.03 bits per heavy atom. The molecule has 9 N–H and O–H groups in total. The molecule has 0 spiro atoms. The normalized spacial score (nSPS) is 28.8. The van der Waals surface area contributed by atoms with Crippen LogP contribution in [0.3, 0.4) is 0 Å². The molecular formula is C46H47N4O13+. The Morgan fingerprint density at radius 3 is 2.49 bits per heavy atom. The Kier molecular flexibility index (Phi) is 10.6. The number of carboxylic acids is 1. The van der Waals surface area contributed by atoms with Gasteiger partial charge in [0.15, 0.2) is 28.9 Å². The van der Waals surface area contributed by atoms with Crippen molar-refractivity contribution < 1.29 is 69.6 Å². The number of ether oxygens (including phenoxy) is 5. The van der Waals surface area contributed by atoms with Crippen molar-refractivity contribution in [1.82, 2.24) is 0 Å². The maximum atomic E-state index is 12.8. The first kappa shape index (κ1) is 41.8. The molecule has 2 bridgehead atoms. The first-order valence-electron chi connectivity index (χ1n) is 20.8. The van der Waals surface area contributed by atoms with Crippen LogP contribution in [0.25, 0.3) is 5.76 Å². The van der Waals surface area contributed by atoms with E-state index in [4.69, 9.17) is 29.1 Å². The van der Waals surface area contributed by atoms with Gasteiger partial charge in [0.1, 0.15) is 58.3 Å². The first-order valence-corrected chi connectivity index (χ1v) is 20.8. The molecule has 328 valence electrons. The number of aliphatic hydroxyl groups is 4.